The lowest BCUT2D eigenvalue weighted by Crippen LogP contribution is -2.20. The minimum Gasteiger partial charge on any atom is -0.493 e. The van der Waals surface area contributed by atoms with Gasteiger partial charge in [-0.1, -0.05) is 36.4 Å². The number of fused-ring (bicyclic) bond motifs is 1. The molecule has 3 aromatic rings. The molecule has 2 heterocycles. The number of Topliss-reactive ketones (excluding diaryl/α,β-unsaturated/α-hetero) is 1. The molecule has 1 aromatic heterocycles. The number of ether oxygens (including phenoxy) is 1. The van der Waals surface area contributed by atoms with Crippen molar-refractivity contribution >= 4 is 29.3 Å². The summed E-state index contributed by atoms with van der Waals surface area (Å²) in [7, 11) is 0. The normalized spacial score (nSPS) is 14.3. The number of ketones is 1. The van der Waals surface area contributed by atoms with Crippen molar-refractivity contribution in [2.45, 2.75) is 12.8 Å². The highest BCUT2D eigenvalue weighted by molar-refractivity contribution is 7.07. The Labute approximate surface area is 154 Å². The molecule has 0 aliphatic carbocycles. The molecule has 0 amide bonds. The van der Waals surface area contributed by atoms with E-state index in [1.807, 2.05) is 54.6 Å². The number of hydrogen-bond donors (Lipinski definition) is 1. The van der Waals surface area contributed by atoms with Crippen LogP contribution in [0.5, 0.6) is 5.75 Å². The minimum absolute atomic E-state index is 0.0325. The van der Waals surface area contributed by atoms with E-state index in [1.54, 1.807) is 0 Å². The predicted molar refractivity (Wildman–Crippen MR) is 103 cm³/mol. The quantitative estimate of drug-likeness (QED) is 0.769. The van der Waals surface area contributed by atoms with E-state index in [2.05, 4.69) is 4.98 Å². The van der Waals surface area contributed by atoms with Crippen molar-refractivity contribution in [1.82, 2.24) is 4.98 Å². The van der Waals surface area contributed by atoms with Crippen LogP contribution >= 0.6 is 11.3 Å². The maximum Gasteiger partial charge on any atom is 0.266 e. The molecule has 1 N–H and O–H groups in total. The van der Waals surface area contributed by atoms with Crippen molar-refractivity contribution in [2.24, 2.45) is 0 Å². The second-order valence-corrected chi connectivity index (χ2v) is 7.25. The molecule has 1 aliphatic rings. The van der Waals surface area contributed by atoms with E-state index in [4.69, 9.17) is 4.74 Å². The van der Waals surface area contributed by atoms with E-state index in [9.17, 15) is 9.59 Å². The number of benzene rings is 2. The van der Waals surface area contributed by atoms with Crippen molar-refractivity contribution in [3.63, 3.8) is 0 Å². The molecular formula is C21H17NO3S. The molecule has 4 rings (SSSR count). The van der Waals surface area contributed by atoms with Crippen molar-refractivity contribution in [3.8, 4) is 5.75 Å². The van der Waals surface area contributed by atoms with Crippen molar-refractivity contribution in [2.75, 3.05) is 6.61 Å². The molecule has 0 fully saturated rings. The standard InChI is InChI=1S/C21H17NO3S/c23-17(11-14-4-2-1-3-5-14)13-20-22-21(24)19(26-20)12-15-6-7-18-16(10-15)8-9-25-18/h1-7,10,12-13H,8-9,11H2,(H,22,24)/b19-12-,20-13+. The summed E-state index contributed by atoms with van der Waals surface area (Å²) in [5.41, 5.74) is 2.91. The van der Waals surface area contributed by atoms with Crippen molar-refractivity contribution < 1.29 is 9.53 Å². The summed E-state index contributed by atoms with van der Waals surface area (Å²) >= 11 is 1.30. The highest BCUT2D eigenvalue weighted by Gasteiger charge is 2.11. The summed E-state index contributed by atoms with van der Waals surface area (Å²) in [4.78, 5) is 27.1. The third-order valence-electron chi connectivity index (χ3n) is 4.20. The van der Waals surface area contributed by atoms with Crippen LogP contribution in [-0.4, -0.2) is 17.4 Å². The summed E-state index contributed by atoms with van der Waals surface area (Å²) in [6, 6.07) is 15.5. The second-order valence-electron chi connectivity index (χ2n) is 6.17. The molecule has 0 radical (unpaired) electrons. The van der Waals surface area contributed by atoms with Gasteiger partial charge in [-0.05, 0) is 34.9 Å². The largest absolute Gasteiger partial charge is 0.493 e. The van der Waals surface area contributed by atoms with Crippen LogP contribution in [0.1, 0.15) is 16.7 Å². The van der Waals surface area contributed by atoms with Crippen LogP contribution in [0, 0.1) is 0 Å². The lowest BCUT2D eigenvalue weighted by atomic mass is 10.1. The molecule has 26 heavy (non-hydrogen) atoms. The highest BCUT2D eigenvalue weighted by Crippen LogP contribution is 2.25. The topological polar surface area (TPSA) is 59.2 Å². The first-order chi connectivity index (χ1) is 12.7. The van der Waals surface area contributed by atoms with Gasteiger partial charge in [0.05, 0.1) is 15.8 Å². The highest BCUT2D eigenvalue weighted by atomic mass is 32.1. The van der Waals surface area contributed by atoms with Gasteiger partial charge in [-0.2, -0.15) is 0 Å². The average Bonchev–Trinajstić information content (AvgIpc) is 3.22. The van der Waals surface area contributed by atoms with E-state index < -0.39 is 0 Å². The summed E-state index contributed by atoms with van der Waals surface area (Å²) in [6.45, 7) is 0.709. The first-order valence-corrected chi connectivity index (χ1v) is 9.24. The van der Waals surface area contributed by atoms with Crippen LogP contribution in [0.15, 0.2) is 53.3 Å². The molecule has 0 spiro atoms. The maximum absolute atomic E-state index is 12.2. The Hall–Kier alpha value is -2.92. The number of aromatic amines is 1. The van der Waals surface area contributed by atoms with Crippen LogP contribution in [0.2, 0.25) is 0 Å². The molecule has 0 unspecified atom stereocenters. The number of nitrogens with one attached hydrogen (secondary N) is 1. The molecule has 0 bridgehead atoms. The molecule has 0 atom stereocenters. The molecule has 0 saturated heterocycles. The van der Waals surface area contributed by atoms with Crippen LogP contribution < -0.4 is 19.5 Å². The van der Waals surface area contributed by atoms with E-state index in [0.717, 1.165) is 28.9 Å². The Balaban J connectivity index is 1.61. The molecule has 1 aliphatic heterocycles. The molecule has 4 nitrogen and oxygen atoms in total. The summed E-state index contributed by atoms with van der Waals surface area (Å²) in [5.74, 6) is 0.887. The van der Waals surface area contributed by atoms with E-state index in [0.29, 0.717) is 22.2 Å². The fourth-order valence-corrected chi connectivity index (χ4v) is 3.88. The van der Waals surface area contributed by atoms with Gasteiger partial charge in [0.15, 0.2) is 5.78 Å². The summed E-state index contributed by atoms with van der Waals surface area (Å²) in [5, 5.41) is 0. The van der Waals surface area contributed by atoms with Gasteiger partial charge in [-0.15, -0.1) is 11.3 Å². The van der Waals surface area contributed by atoms with Crippen molar-refractivity contribution in [1.29, 1.82) is 0 Å². The predicted octanol–water partition coefficient (Wildman–Crippen LogP) is 1.79. The average molecular weight is 363 g/mol. The Morgan fingerprint density at radius 1 is 1.19 bits per heavy atom. The van der Waals surface area contributed by atoms with Crippen LogP contribution in [-0.2, 0) is 17.6 Å². The number of carbonyl (C=O) groups excluding carboxylic acids is 1. The number of carbonyl (C=O) groups is 1. The van der Waals surface area contributed by atoms with E-state index in [-0.39, 0.29) is 11.3 Å². The van der Waals surface area contributed by atoms with Gasteiger partial charge in [0.25, 0.3) is 5.56 Å². The number of hydrogen-bond acceptors (Lipinski definition) is 4. The summed E-state index contributed by atoms with van der Waals surface area (Å²) < 4.78 is 6.66. The molecule has 2 aromatic carbocycles. The van der Waals surface area contributed by atoms with Gasteiger partial charge in [-0.25, -0.2) is 0 Å². The monoisotopic (exact) mass is 363 g/mol. The van der Waals surface area contributed by atoms with Crippen molar-refractivity contribution in [3.05, 3.63) is 84.8 Å². The number of rotatable bonds is 4. The van der Waals surface area contributed by atoms with Gasteiger partial charge < -0.3 is 9.72 Å². The Bertz CT molecular complexity index is 1130. The zero-order chi connectivity index (χ0) is 17.9. The minimum atomic E-state index is -0.175. The molecule has 5 heteroatoms. The zero-order valence-electron chi connectivity index (χ0n) is 14.0. The van der Waals surface area contributed by atoms with Gasteiger partial charge in [0, 0.05) is 18.9 Å². The van der Waals surface area contributed by atoms with Gasteiger partial charge >= 0.3 is 0 Å². The van der Waals surface area contributed by atoms with E-state index >= 15 is 0 Å². The van der Waals surface area contributed by atoms with Gasteiger partial charge in [-0.3, -0.25) is 9.59 Å². The van der Waals surface area contributed by atoms with E-state index in [1.165, 1.54) is 17.4 Å². The van der Waals surface area contributed by atoms with Crippen LogP contribution in [0.25, 0.3) is 12.2 Å². The lowest BCUT2D eigenvalue weighted by molar-refractivity contribution is -0.112. The number of H-pyrrole nitrogens is 1. The molecular weight excluding hydrogens is 346 g/mol. The second kappa shape index (κ2) is 7.14. The third kappa shape index (κ3) is 3.68. The summed E-state index contributed by atoms with van der Waals surface area (Å²) in [6.07, 6.45) is 4.57. The third-order valence-corrected chi connectivity index (χ3v) is 5.17. The SMILES string of the molecule is O=C(/C=c1\[nH]c(=O)/c(=C/c2ccc3c(c2)CCO3)s1)Cc1ccccc1. The Morgan fingerprint density at radius 3 is 2.88 bits per heavy atom. The lowest BCUT2D eigenvalue weighted by Gasteiger charge is -1.98. The molecule has 0 saturated carbocycles. The Kier molecular flexibility index (Phi) is 4.54. The zero-order valence-corrected chi connectivity index (χ0v) is 14.8. The Morgan fingerprint density at radius 2 is 2.04 bits per heavy atom. The number of thiazole rings is 1. The number of aromatic nitrogens is 1. The smallest absolute Gasteiger partial charge is 0.266 e. The fourth-order valence-electron chi connectivity index (χ4n) is 2.97. The van der Waals surface area contributed by atoms with Gasteiger partial charge in [0.1, 0.15) is 5.75 Å². The van der Waals surface area contributed by atoms with Crippen LogP contribution in [0.4, 0.5) is 0 Å². The van der Waals surface area contributed by atoms with Crippen LogP contribution in [0.3, 0.4) is 0 Å². The fraction of sp³-hybridized carbons (Fsp3) is 0.143. The molecule has 130 valence electrons. The first-order valence-electron chi connectivity index (χ1n) is 8.42. The van der Waals surface area contributed by atoms with Gasteiger partial charge in [0.2, 0.25) is 0 Å². The first kappa shape index (κ1) is 16.5. The maximum atomic E-state index is 12.2.